The first-order chi connectivity index (χ1) is 5.25. The Bertz CT molecular complexity index is 180. The average Bonchev–Trinajstić information content (AvgIpc) is 1.85. The van der Waals surface area contributed by atoms with Crippen molar-refractivity contribution in [3.05, 3.63) is 0 Å². The van der Waals surface area contributed by atoms with Crippen molar-refractivity contribution in [3.8, 4) is 0 Å². The second-order valence-electron chi connectivity index (χ2n) is 2.47. The van der Waals surface area contributed by atoms with Crippen LogP contribution >= 0.6 is 0 Å². The molecule has 0 aliphatic heterocycles. The molecular weight excluding hydrogens is 175 g/mol. The molecule has 1 atom stereocenters. The van der Waals surface area contributed by atoms with Crippen molar-refractivity contribution < 1.29 is 23.1 Å². The molecule has 72 valence electrons. The Balaban J connectivity index is 4.75. The highest BCUT2D eigenvalue weighted by molar-refractivity contribution is 5.84. The molecule has 0 aromatic heterocycles. The van der Waals surface area contributed by atoms with Crippen molar-refractivity contribution in [3.63, 3.8) is 0 Å². The Morgan fingerprint density at radius 2 is 1.92 bits per heavy atom. The van der Waals surface area contributed by atoms with E-state index in [-0.39, 0.29) is 6.42 Å². The standard InChI is InChI=1S/C6H10F3NO2/c1-2-3-5(12,4(10)11)6(7,8)9/h12H,2-3H2,1H3,(H2,10,11). The smallest absolute Gasteiger partial charge is 0.373 e. The highest BCUT2D eigenvalue weighted by Crippen LogP contribution is 2.33. The van der Waals surface area contributed by atoms with Gasteiger partial charge in [0, 0.05) is 0 Å². The van der Waals surface area contributed by atoms with E-state index in [0.717, 1.165) is 0 Å². The number of alkyl halides is 3. The lowest BCUT2D eigenvalue weighted by atomic mass is 9.97. The third-order valence-electron chi connectivity index (χ3n) is 1.49. The number of halogens is 3. The molecule has 0 heterocycles. The fraction of sp³-hybridized carbons (Fsp3) is 0.833. The molecule has 3 nitrogen and oxygen atoms in total. The van der Waals surface area contributed by atoms with Crippen LogP contribution in [0.5, 0.6) is 0 Å². The Morgan fingerprint density at radius 3 is 2.00 bits per heavy atom. The molecule has 12 heavy (non-hydrogen) atoms. The molecule has 0 aliphatic rings. The molecular formula is C6H10F3NO2. The number of rotatable bonds is 3. The van der Waals surface area contributed by atoms with E-state index >= 15 is 0 Å². The van der Waals surface area contributed by atoms with Crippen LogP contribution in [-0.4, -0.2) is 22.8 Å². The molecule has 0 saturated carbocycles. The fourth-order valence-electron chi connectivity index (χ4n) is 0.766. The number of hydrogen-bond acceptors (Lipinski definition) is 2. The number of aliphatic hydroxyl groups is 1. The molecule has 0 rings (SSSR count). The Kier molecular flexibility index (Phi) is 3.09. The Hall–Kier alpha value is -0.780. The van der Waals surface area contributed by atoms with Gasteiger partial charge in [-0.1, -0.05) is 13.3 Å². The van der Waals surface area contributed by atoms with Crippen LogP contribution in [0.25, 0.3) is 0 Å². The first-order valence-electron chi connectivity index (χ1n) is 3.34. The molecule has 0 aromatic carbocycles. The van der Waals surface area contributed by atoms with Gasteiger partial charge in [-0.25, -0.2) is 0 Å². The summed E-state index contributed by atoms with van der Waals surface area (Å²) in [6.45, 7) is 1.42. The predicted molar refractivity (Wildman–Crippen MR) is 35.1 cm³/mol. The zero-order chi connectivity index (χ0) is 9.99. The maximum absolute atomic E-state index is 12.0. The molecule has 0 saturated heterocycles. The molecule has 0 fully saturated rings. The van der Waals surface area contributed by atoms with Gasteiger partial charge in [0.1, 0.15) is 0 Å². The van der Waals surface area contributed by atoms with Crippen molar-refractivity contribution in [1.29, 1.82) is 0 Å². The second kappa shape index (κ2) is 3.30. The molecule has 0 bridgehead atoms. The molecule has 1 amide bonds. The fourth-order valence-corrected chi connectivity index (χ4v) is 0.766. The molecule has 6 heteroatoms. The van der Waals surface area contributed by atoms with Gasteiger partial charge in [0.2, 0.25) is 5.60 Å². The number of carbonyl (C=O) groups is 1. The summed E-state index contributed by atoms with van der Waals surface area (Å²) in [5.74, 6) is -1.75. The number of carbonyl (C=O) groups excluding carboxylic acids is 1. The molecule has 0 aromatic rings. The minimum Gasteiger partial charge on any atom is -0.373 e. The highest BCUT2D eigenvalue weighted by atomic mass is 19.4. The van der Waals surface area contributed by atoms with Crippen molar-refractivity contribution in [2.75, 3.05) is 0 Å². The predicted octanol–water partition coefficient (Wildman–Crippen LogP) is 0.565. The normalized spacial score (nSPS) is 17.1. The number of primary amides is 1. The van der Waals surface area contributed by atoms with Crippen molar-refractivity contribution >= 4 is 5.91 Å². The lowest BCUT2D eigenvalue weighted by Gasteiger charge is -2.26. The first-order valence-corrected chi connectivity index (χ1v) is 3.34. The number of amides is 1. The van der Waals surface area contributed by atoms with Crippen LogP contribution in [0.2, 0.25) is 0 Å². The second-order valence-corrected chi connectivity index (χ2v) is 2.47. The maximum atomic E-state index is 12.0. The number of hydrogen-bond donors (Lipinski definition) is 2. The van der Waals surface area contributed by atoms with Gasteiger partial charge in [0.25, 0.3) is 5.91 Å². The molecule has 1 unspecified atom stereocenters. The lowest BCUT2D eigenvalue weighted by Crippen LogP contribution is -2.55. The highest BCUT2D eigenvalue weighted by Gasteiger charge is 2.57. The van der Waals surface area contributed by atoms with E-state index in [1.54, 1.807) is 0 Å². The Morgan fingerprint density at radius 1 is 1.50 bits per heavy atom. The van der Waals surface area contributed by atoms with Gasteiger partial charge in [-0.2, -0.15) is 13.2 Å². The summed E-state index contributed by atoms with van der Waals surface area (Å²) in [7, 11) is 0. The largest absolute Gasteiger partial charge is 0.426 e. The van der Waals surface area contributed by atoms with Crippen LogP contribution < -0.4 is 5.73 Å². The SMILES string of the molecule is CCCC(O)(C(N)=O)C(F)(F)F. The van der Waals surface area contributed by atoms with Gasteiger partial charge in [0.15, 0.2) is 0 Å². The van der Waals surface area contributed by atoms with Crippen LogP contribution in [0.4, 0.5) is 13.2 Å². The summed E-state index contributed by atoms with van der Waals surface area (Å²) in [5, 5.41) is 8.83. The van der Waals surface area contributed by atoms with Gasteiger partial charge >= 0.3 is 6.18 Å². The summed E-state index contributed by atoms with van der Waals surface area (Å²) < 4.78 is 36.0. The van der Waals surface area contributed by atoms with Crippen LogP contribution in [0.3, 0.4) is 0 Å². The first kappa shape index (κ1) is 11.2. The zero-order valence-corrected chi connectivity index (χ0v) is 6.48. The van der Waals surface area contributed by atoms with Crippen molar-refractivity contribution in [2.45, 2.75) is 31.5 Å². The lowest BCUT2D eigenvalue weighted by molar-refractivity contribution is -0.252. The van der Waals surface area contributed by atoms with Gasteiger partial charge in [0.05, 0.1) is 0 Å². The maximum Gasteiger partial charge on any atom is 0.426 e. The molecule has 0 aliphatic carbocycles. The van der Waals surface area contributed by atoms with Gasteiger partial charge in [-0.3, -0.25) is 4.79 Å². The minimum atomic E-state index is -4.99. The van der Waals surface area contributed by atoms with E-state index in [9.17, 15) is 18.0 Å². The third-order valence-corrected chi connectivity index (χ3v) is 1.49. The monoisotopic (exact) mass is 185 g/mol. The average molecular weight is 185 g/mol. The summed E-state index contributed by atoms with van der Waals surface area (Å²) in [6, 6.07) is 0. The quantitative estimate of drug-likeness (QED) is 0.674. The summed E-state index contributed by atoms with van der Waals surface area (Å²) in [4.78, 5) is 10.3. The van der Waals surface area contributed by atoms with Crippen LogP contribution in [0, 0.1) is 0 Å². The van der Waals surface area contributed by atoms with E-state index in [1.165, 1.54) is 6.92 Å². The minimum absolute atomic E-state index is 0.0267. The van der Waals surface area contributed by atoms with E-state index < -0.39 is 24.1 Å². The molecule has 0 spiro atoms. The summed E-state index contributed by atoms with van der Waals surface area (Å²) in [5.41, 5.74) is 1.06. The Labute approximate surface area is 67.4 Å². The van der Waals surface area contributed by atoms with E-state index in [1.807, 2.05) is 0 Å². The van der Waals surface area contributed by atoms with Crippen LogP contribution in [0.1, 0.15) is 19.8 Å². The van der Waals surface area contributed by atoms with E-state index in [4.69, 9.17) is 5.11 Å². The summed E-state index contributed by atoms with van der Waals surface area (Å²) in [6.07, 6.45) is -5.67. The van der Waals surface area contributed by atoms with Crippen molar-refractivity contribution in [2.24, 2.45) is 5.73 Å². The number of nitrogens with two attached hydrogens (primary N) is 1. The van der Waals surface area contributed by atoms with E-state index in [0.29, 0.717) is 0 Å². The van der Waals surface area contributed by atoms with Gasteiger partial charge in [-0.05, 0) is 6.42 Å². The van der Waals surface area contributed by atoms with E-state index in [2.05, 4.69) is 5.73 Å². The zero-order valence-electron chi connectivity index (χ0n) is 6.48. The third kappa shape index (κ3) is 1.88. The molecule has 3 N–H and O–H groups in total. The molecule has 0 radical (unpaired) electrons. The van der Waals surface area contributed by atoms with Crippen LogP contribution in [0.15, 0.2) is 0 Å². The van der Waals surface area contributed by atoms with Crippen molar-refractivity contribution in [1.82, 2.24) is 0 Å². The summed E-state index contributed by atoms with van der Waals surface area (Å²) >= 11 is 0. The van der Waals surface area contributed by atoms with Gasteiger partial charge in [-0.15, -0.1) is 0 Å². The van der Waals surface area contributed by atoms with Crippen LogP contribution in [-0.2, 0) is 4.79 Å². The topological polar surface area (TPSA) is 63.3 Å². The van der Waals surface area contributed by atoms with Gasteiger partial charge < -0.3 is 10.8 Å².